The number of anilines is 2. The Labute approximate surface area is 127 Å². The fourth-order valence-corrected chi connectivity index (χ4v) is 1.99. The van der Waals surface area contributed by atoms with Crippen molar-refractivity contribution in [1.82, 2.24) is 4.98 Å². The van der Waals surface area contributed by atoms with Crippen LogP contribution in [0, 0.1) is 17.0 Å². The van der Waals surface area contributed by atoms with Gasteiger partial charge in [-0.3, -0.25) is 14.9 Å². The summed E-state index contributed by atoms with van der Waals surface area (Å²) in [6.07, 6.45) is 1.57. The zero-order valence-electron chi connectivity index (χ0n) is 12.5. The number of nitro groups is 1. The summed E-state index contributed by atoms with van der Waals surface area (Å²) in [6, 6.07) is 7.96. The topological polar surface area (TPSA) is 88.4 Å². The van der Waals surface area contributed by atoms with Gasteiger partial charge in [-0.2, -0.15) is 0 Å². The van der Waals surface area contributed by atoms with Crippen molar-refractivity contribution in [3.63, 3.8) is 0 Å². The molecule has 0 aliphatic rings. The molecule has 2 rings (SSSR count). The molecule has 0 saturated heterocycles. The van der Waals surface area contributed by atoms with Crippen molar-refractivity contribution in [2.75, 3.05) is 24.3 Å². The molecule has 7 heteroatoms. The van der Waals surface area contributed by atoms with Gasteiger partial charge in [-0.05, 0) is 30.7 Å². The average molecular weight is 300 g/mol. The Kier molecular flexibility index (Phi) is 4.36. The molecule has 1 heterocycles. The largest absolute Gasteiger partial charge is 0.372 e. The van der Waals surface area contributed by atoms with Gasteiger partial charge in [0.1, 0.15) is 11.5 Å². The van der Waals surface area contributed by atoms with E-state index in [4.69, 9.17) is 0 Å². The number of amides is 1. The molecule has 7 nitrogen and oxygen atoms in total. The molecule has 0 fully saturated rings. The molecule has 1 aromatic heterocycles. The molecule has 2 aromatic rings. The van der Waals surface area contributed by atoms with Crippen LogP contribution >= 0.6 is 0 Å². The molecule has 0 unspecified atom stereocenters. The molecule has 0 bridgehead atoms. The molecular weight excluding hydrogens is 284 g/mol. The van der Waals surface area contributed by atoms with Crippen molar-refractivity contribution in [1.29, 1.82) is 0 Å². The summed E-state index contributed by atoms with van der Waals surface area (Å²) in [5.41, 5.74) is 1.35. The van der Waals surface area contributed by atoms with Crippen LogP contribution in [0.2, 0.25) is 0 Å². The van der Waals surface area contributed by atoms with Gasteiger partial charge < -0.3 is 10.2 Å². The van der Waals surface area contributed by atoms with Gasteiger partial charge in [-0.25, -0.2) is 4.98 Å². The summed E-state index contributed by atoms with van der Waals surface area (Å²) in [5.74, 6) is 0.00189. The molecular formula is C15H16N4O3. The van der Waals surface area contributed by atoms with E-state index in [0.29, 0.717) is 11.5 Å². The van der Waals surface area contributed by atoms with E-state index in [1.807, 2.05) is 13.0 Å². The number of nitrogens with one attached hydrogen (secondary N) is 1. The molecule has 1 aromatic carbocycles. The molecule has 0 saturated carbocycles. The highest BCUT2D eigenvalue weighted by atomic mass is 16.6. The summed E-state index contributed by atoms with van der Waals surface area (Å²) in [7, 11) is 3.42. The van der Waals surface area contributed by atoms with Gasteiger partial charge in [-0.1, -0.05) is 6.07 Å². The number of rotatable bonds is 4. The van der Waals surface area contributed by atoms with E-state index in [-0.39, 0.29) is 11.3 Å². The number of carbonyl (C=O) groups excluding carboxylic acids is 1. The number of hydrogen-bond acceptors (Lipinski definition) is 5. The summed E-state index contributed by atoms with van der Waals surface area (Å²) < 4.78 is 0. The molecule has 114 valence electrons. The lowest BCUT2D eigenvalue weighted by molar-refractivity contribution is -0.384. The van der Waals surface area contributed by atoms with Gasteiger partial charge in [0.05, 0.1) is 4.92 Å². The number of pyridine rings is 1. The van der Waals surface area contributed by atoms with E-state index >= 15 is 0 Å². The molecule has 0 radical (unpaired) electrons. The van der Waals surface area contributed by atoms with E-state index in [9.17, 15) is 14.9 Å². The molecule has 0 aliphatic heterocycles. The number of aromatic nitrogens is 1. The van der Waals surface area contributed by atoms with Crippen LogP contribution in [0.25, 0.3) is 0 Å². The van der Waals surface area contributed by atoms with Gasteiger partial charge in [-0.15, -0.1) is 0 Å². The van der Waals surface area contributed by atoms with Crippen LogP contribution in [0.5, 0.6) is 0 Å². The highest BCUT2D eigenvalue weighted by molar-refractivity contribution is 6.05. The van der Waals surface area contributed by atoms with E-state index in [1.54, 1.807) is 43.4 Å². The first-order valence-electron chi connectivity index (χ1n) is 6.59. The maximum atomic E-state index is 12.2. The van der Waals surface area contributed by atoms with Gasteiger partial charge >= 0.3 is 0 Å². The molecule has 0 atom stereocenters. The first-order chi connectivity index (χ1) is 10.4. The zero-order chi connectivity index (χ0) is 16.3. The van der Waals surface area contributed by atoms with Gasteiger partial charge in [0, 0.05) is 31.9 Å². The minimum absolute atomic E-state index is 0.115. The first-order valence-corrected chi connectivity index (χ1v) is 6.59. The number of benzene rings is 1. The SMILES string of the molecule is Cc1cccnc1NC(=O)c1ccc(N(C)C)c([N+](=O)[O-])c1. The monoisotopic (exact) mass is 300 g/mol. The maximum Gasteiger partial charge on any atom is 0.293 e. The fraction of sp³-hybridized carbons (Fsp3) is 0.200. The molecule has 0 spiro atoms. The second-order valence-corrected chi connectivity index (χ2v) is 4.98. The summed E-state index contributed by atoms with van der Waals surface area (Å²) in [5, 5.41) is 13.8. The number of nitro benzene ring substituents is 1. The van der Waals surface area contributed by atoms with Crippen molar-refractivity contribution in [2.45, 2.75) is 6.92 Å². The van der Waals surface area contributed by atoms with E-state index < -0.39 is 10.8 Å². The molecule has 0 aliphatic carbocycles. The Balaban J connectivity index is 2.33. The first kappa shape index (κ1) is 15.4. The number of aryl methyl sites for hydroxylation is 1. The van der Waals surface area contributed by atoms with Crippen molar-refractivity contribution < 1.29 is 9.72 Å². The third kappa shape index (κ3) is 3.20. The highest BCUT2D eigenvalue weighted by Crippen LogP contribution is 2.28. The lowest BCUT2D eigenvalue weighted by atomic mass is 10.1. The Morgan fingerprint density at radius 2 is 2.05 bits per heavy atom. The average Bonchev–Trinajstić information content (AvgIpc) is 2.48. The number of nitrogens with zero attached hydrogens (tertiary/aromatic N) is 3. The minimum atomic E-state index is -0.502. The minimum Gasteiger partial charge on any atom is -0.372 e. The van der Waals surface area contributed by atoms with Crippen LogP contribution in [0.3, 0.4) is 0 Å². The van der Waals surface area contributed by atoms with E-state index in [2.05, 4.69) is 10.3 Å². The summed E-state index contributed by atoms with van der Waals surface area (Å²) >= 11 is 0. The van der Waals surface area contributed by atoms with Crippen LogP contribution < -0.4 is 10.2 Å². The van der Waals surface area contributed by atoms with Crippen LogP contribution in [0.15, 0.2) is 36.5 Å². The standard InChI is InChI=1S/C15H16N4O3/c1-10-5-4-8-16-14(10)17-15(20)11-6-7-12(18(2)3)13(9-11)19(21)22/h4-9H,1-3H3,(H,16,17,20). The van der Waals surface area contributed by atoms with E-state index in [1.165, 1.54) is 6.07 Å². The predicted octanol–water partition coefficient (Wildman–Crippen LogP) is 2.62. The smallest absolute Gasteiger partial charge is 0.293 e. The summed E-state index contributed by atoms with van der Waals surface area (Å²) in [6.45, 7) is 1.82. The zero-order valence-corrected chi connectivity index (χ0v) is 12.5. The Morgan fingerprint density at radius 1 is 1.32 bits per heavy atom. The van der Waals surface area contributed by atoms with Crippen molar-refractivity contribution in [3.05, 3.63) is 57.8 Å². The third-order valence-electron chi connectivity index (χ3n) is 3.16. The lowest BCUT2D eigenvalue weighted by Gasteiger charge is -2.13. The van der Waals surface area contributed by atoms with Crippen LogP contribution in [0.1, 0.15) is 15.9 Å². The molecule has 1 amide bonds. The Morgan fingerprint density at radius 3 is 2.64 bits per heavy atom. The third-order valence-corrected chi connectivity index (χ3v) is 3.16. The predicted molar refractivity (Wildman–Crippen MR) is 84.4 cm³/mol. The number of carbonyl (C=O) groups is 1. The van der Waals surface area contributed by atoms with Crippen molar-refractivity contribution >= 4 is 23.1 Å². The van der Waals surface area contributed by atoms with Gasteiger partial charge in [0.15, 0.2) is 0 Å². The molecule has 22 heavy (non-hydrogen) atoms. The highest BCUT2D eigenvalue weighted by Gasteiger charge is 2.19. The fourth-order valence-electron chi connectivity index (χ4n) is 1.99. The quantitative estimate of drug-likeness (QED) is 0.692. The number of hydrogen-bond donors (Lipinski definition) is 1. The van der Waals surface area contributed by atoms with E-state index in [0.717, 1.165) is 5.56 Å². The van der Waals surface area contributed by atoms with Crippen LogP contribution in [-0.4, -0.2) is 29.9 Å². The lowest BCUT2D eigenvalue weighted by Crippen LogP contribution is -2.16. The van der Waals surface area contributed by atoms with Gasteiger partial charge in [0.25, 0.3) is 11.6 Å². The van der Waals surface area contributed by atoms with Crippen molar-refractivity contribution in [2.24, 2.45) is 0 Å². The van der Waals surface area contributed by atoms with Crippen molar-refractivity contribution in [3.8, 4) is 0 Å². The second-order valence-electron chi connectivity index (χ2n) is 4.98. The van der Waals surface area contributed by atoms with Crippen LogP contribution in [-0.2, 0) is 0 Å². The molecule has 1 N–H and O–H groups in total. The van der Waals surface area contributed by atoms with Gasteiger partial charge in [0.2, 0.25) is 0 Å². The Hall–Kier alpha value is -2.96. The second kappa shape index (κ2) is 6.21. The normalized spacial score (nSPS) is 10.1. The summed E-state index contributed by atoms with van der Waals surface area (Å²) in [4.78, 5) is 28.6. The maximum absolute atomic E-state index is 12.2. The van der Waals surface area contributed by atoms with Crippen LogP contribution in [0.4, 0.5) is 17.2 Å². The Bertz CT molecular complexity index is 728.